The summed E-state index contributed by atoms with van der Waals surface area (Å²) in [4.78, 5) is 2.41. The maximum Gasteiger partial charge on any atom is 0.0497 e. The van der Waals surface area contributed by atoms with E-state index in [1.54, 1.807) is 0 Å². The normalized spacial score (nSPS) is 12.4. The first-order valence-corrected chi connectivity index (χ1v) is 9.47. The topological polar surface area (TPSA) is 3.24 Å². The van der Waals surface area contributed by atoms with Gasteiger partial charge in [-0.15, -0.1) is 0 Å². The van der Waals surface area contributed by atoms with Crippen LogP contribution in [0.1, 0.15) is 22.3 Å². The van der Waals surface area contributed by atoms with E-state index in [1.165, 1.54) is 39.3 Å². The molecule has 4 aromatic rings. The molecule has 1 heteroatoms. The summed E-state index contributed by atoms with van der Waals surface area (Å²) in [6, 6.07) is 37.1. The van der Waals surface area contributed by atoms with Crippen LogP contribution in [0.4, 0.5) is 17.1 Å². The van der Waals surface area contributed by atoms with Crippen molar-refractivity contribution in [3.05, 3.63) is 125 Å². The maximum absolute atomic E-state index is 2.41. The highest BCUT2D eigenvalue weighted by molar-refractivity contribution is 5.83. The summed E-state index contributed by atoms with van der Waals surface area (Å²) < 4.78 is 0. The fourth-order valence-electron chi connectivity index (χ4n) is 4.01. The molecule has 0 radical (unpaired) electrons. The van der Waals surface area contributed by atoms with Crippen LogP contribution in [0.5, 0.6) is 0 Å². The monoisotopic (exact) mass is 347 g/mol. The van der Waals surface area contributed by atoms with Gasteiger partial charge >= 0.3 is 0 Å². The van der Waals surface area contributed by atoms with Crippen molar-refractivity contribution in [3.8, 4) is 0 Å². The third kappa shape index (κ3) is 3.02. The summed E-state index contributed by atoms with van der Waals surface area (Å²) in [5, 5.41) is 0. The Bertz CT molecular complexity index is 1040. The van der Waals surface area contributed by atoms with E-state index < -0.39 is 0 Å². The first-order valence-electron chi connectivity index (χ1n) is 9.47. The number of rotatable bonds is 3. The zero-order chi connectivity index (χ0) is 18.1. The van der Waals surface area contributed by atoms with E-state index in [1.807, 2.05) is 0 Å². The van der Waals surface area contributed by atoms with E-state index in [-0.39, 0.29) is 0 Å². The molecule has 0 N–H and O–H groups in total. The predicted molar refractivity (Wildman–Crippen MR) is 113 cm³/mol. The summed E-state index contributed by atoms with van der Waals surface area (Å²) in [6.07, 6.45) is 1.94. The van der Waals surface area contributed by atoms with Crippen molar-refractivity contribution in [2.75, 3.05) is 4.90 Å². The number of para-hydroxylation sites is 2. The Kier molecular flexibility index (Phi) is 3.99. The van der Waals surface area contributed by atoms with Gasteiger partial charge < -0.3 is 4.90 Å². The van der Waals surface area contributed by atoms with Gasteiger partial charge in [0.25, 0.3) is 0 Å². The lowest BCUT2D eigenvalue weighted by molar-refractivity contribution is 1.08. The van der Waals surface area contributed by atoms with Crippen molar-refractivity contribution in [3.63, 3.8) is 0 Å². The first kappa shape index (κ1) is 15.9. The Morgan fingerprint density at radius 3 is 1.85 bits per heavy atom. The van der Waals surface area contributed by atoms with Gasteiger partial charge in [-0.1, -0.05) is 78.9 Å². The molecule has 1 aliphatic heterocycles. The van der Waals surface area contributed by atoms with Crippen LogP contribution in [-0.2, 0) is 12.8 Å². The molecule has 0 saturated carbocycles. The predicted octanol–water partition coefficient (Wildman–Crippen LogP) is 6.65. The molecule has 27 heavy (non-hydrogen) atoms. The summed E-state index contributed by atoms with van der Waals surface area (Å²) in [5.74, 6) is 0. The third-order valence-electron chi connectivity index (χ3n) is 5.27. The van der Waals surface area contributed by atoms with Crippen molar-refractivity contribution in [1.82, 2.24) is 0 Å². The van der Waals surface area contributed by atoms with Gasteiger partial charge in [-0.25, -0.2) is 0 Å². The molecule has 1 nitrogen and oxygen atoms in total. The quantitative estimate of drug-likeness (QED) is 0.353. The molecule has 0 spiro atoms. The maximum atomic E-state index is 2.41. The smallest absolute Gasteiger partial charge is 0.0497 e. The fraction of sp³-hybridized carbons (Fsp3) is 0.0769. The number of hydrogen-bond acceptors (Lipinski definition) is 1. The number of fused-ring (bicyclic) bond motifs is 2. The average molecular weight is 347 g/mol. The van der Waals surface area contributed by atoms with Gasteiger partial charge in [-0.3, -0.25) is 0 Å². The van der Waals surface area contributed by atoms with Crippen molar-refractivity contribution >= 4 is 17.1 Å². The number of hydrogen-bond donors (Lipinski definition) is 0. The van der Waals surface area contributed by atoms with Gasteiger partial charge in [0.2, 0.25) is 0 Å². The Morgan fingerprint density at radius 1 is 0.556 bits per heavy atom. The SMILES string of the molecule is c1ccc(Cc2cccc(N3c4ccccc4Cc4ccccc43)c2)cc1. The van der Waals surface area contributed by atoms with Crippen molar-refractivity contribution < 1.29 is 0 Å². The zero-order valence-corrected chi connectivity index (χ0v) is 15.2. The number of nitrogens with zero attached hydrogens (tertiary/aromatic N) is 1. The molecular weight excluding hydrogens is 326 g/mol. The Balaban J connectivity index is 1.60. The minimum absolute atomic E-state index is 0.950. The average Bonchev–Trinajstić information content (AvgIpc) is 2.73. The van der Waals surface area contributed by atoms with Crippen LogP contribution >= 0.6 is 0 Å². The van der Waals surface area contributed by atoms with Gasteiger partial charge in [0.05, 0.1) is 0 Å². The van der Waals surface area contributed by atoms with Crippen molar-refractivity contribution in [2.45, 2.75) is 12.8 Å². The molecule has 0 aromatic heterocycles. The highest BCUT2D eigenvalue weighted by Crippen LogP contribution is 2.43. The molecule has 4 aromatic carbocycles. The number of anilines is 3. The van der Waals surface area contributed by atoms with Gasteiger partial charge in [0, 0.05) is 23.5 Å². The van der Waals surface area contributed by atoms with Crippen LogP contribution in [0, 0.1) is 0 Å². The lowest BCUT2D eigenvalue weighted by atomic mass is 9.94. The summed E-state index contributed by atoms with van der Waals surface area (Å²) >= 11 is 0. The Hall–Kier alpha value is -3.32. The molecule has 1 heterocycles. The van der Waals surface area contributed by atoms with E-state index in [0.717, 1.165) is 12.8 Å². The van der Waals surface area contributed by atoms with Crippen molar-refractivity contribution in [1.29, 1.82) is 0 Å². The summed E-state index contributed by atoms with van der Waals surface area (Å²) in [6.45, 7) is 0. The van der Waals surface area contributed by atoms with E-state index in [9.17, 15) is 0 Å². The molecule has 0 saturated heterocycles. The Labute approximate surface area is 160 Å². The molecule has 0 bridgehead atoms. The molecule has 1 aliphatic rings. The lowest BCUT2D eigenvalue weighted by Gasteiger charge is -2.33. The minimum Gasteiger partial charge on any atom is -0.310 e. The zero-order valence-electron chi connectivity index (χ0n) is 15.2. The molecule has 0 unspecified atom stereocenters. The van der Waals surface area contributed by atoms with E-state index in [2.05, 4.69) is 108 Å². The van der Waals surface area contributed by atoms with Crippen LogP contribution < -0.4 is 4.90 Å². The van der Waals surface area contributed by atoms with E-state index >= 15 is 0 Å². The van der Waals surface area contributed by atoms with E-state index in [4.69, 9.17) is 0 Å². The molecule has 5 rings (SSSR count). The fourth-order valence-corrected chi connectivity index (χ4v) is 4.01. The Morgan fingerprint density at radius 2 is 1.15 bits per heavy atom. The molecule has 0 fully saturated rings. The summed E-state index contributed by atoms with van der Waals surface area (Å²) in [5.41, 5.74) is 9.23. The highest BCUT2D eigenvalue weighted by Gasteiger charge is 2.23. The van der Waals surface area contributed by atoms with Crippen LogP contribution in [-0.4, -0.2) is 0 Å². The molecule has 0 atom stereocenters. The highest BCUT2D eigenvalue weighted by atomic mass is 15.2. The first-order chi connectivity index (χ1) is 13.4. The second kappa shape index (κ2) is 6.77. The van der Waals surface area contributed by atoms with Gasteiger partial charge in [-0.05, 0) is 52.9 Å². The van der Waals surface area contributed by atoms with Gasteiger partial charge in [-0.2, -0.15) is 0 Å². The van der Waals surface area contributed by atoms with Gasteiger partial charge in [0.1, 0.15) is 0 Å². The van der Waals surface area contributed by atoms with Crippen LogP contribution in [0.25, 0.3) is 0 Å². The molecule has 0 aliphatic carbocycles. The van der Waals surface area contributed by atoms with Crippen LogP contribution in [0.2, 0.25) is 0 Å². The lowest BCUT2D eigenvalue weighted by Crippen LogP contribution is -2.18. The molecule has 130 valence electrons. The standard InChI is InChI=1S/C26H21N/c1-2-9-20(10-3-1)17-21-11-8-14-24(18-21)27-25-15-6-4-12-22(25)19-23-13-5-7-16-26(23)27/h1-16,18H,17,19H2. The minimum atomic E-state index is 0.950. The molecule has 0 amide bonds. The second-order valence-corrected chi connectivity index (χ2v) is 7.10. The van der Waals surface area contributed by atoms with E-state index in [0.29, 0.717) is 0 Å². The molecular formula is C26H21N. The van der Waals surface area contributed by atoms with Crippen LogP contribution in [0.15, 0.2) is 103 Å². The van der Waals surface area contributed by atoms with Crippen LogP contribution in [0.3, 0.4) is 0 Å². The third-order valence-corrected chi connectivity index (χ3v) is 5.27. The summed E-state index contributed by atoms with van der Waals surface area (Å²) in [7, 11) is 0. The largest absolute Gasteiger partial charge is 0.310 e. The van der Waals surface area contributed by atoms with Crippen molar-refractivity contribution in [2.24, 2.45) is 0 Å². The second-order valence-electron chi connectivity index (χ2n) is 7.10. The number of benzene rings is 4. The van der Waals surface area contributed by atoms with Gasteiger partial charge in [0.15, 0.2) is 0 Å².